The number of carbonyl (C=O) groups is 2. The van der Waals surface area contributed by atoms with E-state index in [0.717, 1.165) is 6.26 Å². The molecule has 0 aliphatic heterocycles. The molecule has 0 radical (unpaired) electrons. The van der Waals surface area contributed by atoms with E-state index in [2.05, 4.69) is 10.9 Å². The lowest BCUT2D eigenvalue weighted by Gasteiger charge is -2.15. The summed E-state index contributed by atoms with van der Waals surface area (Å²) in [6, 6.07) is 10.4. The van der Waals surface area contributed by atoms with Crippen molar-refractivity contribution in [3.63, 3.8) is 0 Å². The Bertz CT molecular complexity index is 896. The van der Waals surface area contributed by atoms with Crippen molar-refractivity contribution < 1.29 is 27.1 Å². The summed E-state index contributed by atoms with van der Waals surface area (Å²) in [6.45, 7) is 1.46. The molecule has 1 atom stereocenters. The zero-order chi connectivity index (χ0) is 19.3. The molecule has 0 bridgehead atoms. The van der Waals surface area contributed by atoms with Gasteiger partial charge >= 0.3 is 0 Å². The lowest BCUT2D eigenvalue weighted by molar-refractivity contribution is -0.128. The van der Waals surface area contributed by atoms with Crippen molar-refractivity contribution in [3.05, 3.63) is 59.9 Å². The second-order valence-corrected chi connectivity index (χ2v) is 7.47. The Labute approximate surface area is 150 Å². The van der Waals surface area contributed by atoms with Crippen LogP contribution in [0.5, 0.6) is 5.75 Å². The smallest absolute Gasteiger partial charge is 0.279 e. The van der Waals surface area contributed by atoms with Crippen molar-refractivity contribution in [2.75, 3.05) is 6.26 Å². The third-order valence-corrected chi connectivity index (χ3v) is 4.47. The van der Waals surface area contributed by atoms with E-state index in [1.54, 1.807) is 0 Å². The third kappa shape index (κ3) is 5.28. The normalized spacial score (nSPS) is 12.1. The monoisotopic (exact) mass is 380 g/mol. The van der Waals surface area contributed by atoms with Gasteiger partial charge in [0.2, 0.25) is 0 Å². The number of halogens is 1. The minimum atomic E-state index is -3.36. The van der Waals surface area contributed by atoms with Crippen molar-refractivity contribution in [2.24, 2.45) is 0 Å². The molecule has 9 heteroatoms. The van der Waals surface area contributed by atoms with Crippen molar-refractivity contribution in [1.29, 1.82) is 0 Å². The number of nitrogens with one attached hydrogen (secondary N) is 2. The van der Waals surface area contributed by atoms with Crippen molar-refractivity contribution in [2.45, 2.75) is 17.9 Å². The SMILES string of the molecule is C[C@H](Oc1ccc(F)cc1)C(=O)NNC(=O)c1ccc(S(C)(=O)=O)cc1. The van der Waals surface area contributed by atoms with Gasteiger partial charge in [-0.3, -0.25) is 20.4 Å². The van der Waals surface area contributed by atoms with Gasteiger partial charge in [0.25, 0.3) is 11.8 Å². The second-order valence-electron chi connectivity index (χ2n) is 5.45. The molecule has 2 aromatic carbocycles. The fourth-order valence-corrected chi connectivity index (χ4v) is 2.55. The van der Waals surface area contributed by atoms with E-state index in [1.807, 2.05) is 0 Å². The highest BCUT2D eigenvalue weighted by Crippen LogP contribution is 2.13. The summed E-state index contributed by atoms with van der Waals surface area (Å²) >= 11 is 0. The van der Waals surface area contributed by atoms with Crippen molar-refractivity contribution in [3.8, 4) is 5.75 Å². The molecule has 2 aromatic rings. The van der Waals surface area contributed by atoms with Crippen molar-refractivity contribution >= 4 is 21.7 Å². The molecule has 26 heavy (non-hydrogen) atoms. The highest BCUT2D eigenvalue weighted by molar-refractivity contribution is 7.90. The largest absolute Gasteiger partial charge is 0.481 e. The van der Waals surface area contributed by atoms with Gasteiger partial charge in [-0.05, 0) is 55.5 Å². The number of sulfone groups is 1. The average Bonchev–Trinajstić information content (AvgIpc) is 2.60. The van der Waals surface area contributed by atoms with Gasteiger partial charge in [0.15, 0.2) is 15.9 Å². The number of carbonyl (C=O) groups excluding carboxylic acids is 2. The number of benzene rings is 2. The van der Waals surface area contributed by atoms with Crippen LogP contribution in [0, 0.1) is 5.82 Å². The van der Waals surface area contributed by atoms with E-state index < -0.39 is 33.6 Å². The van der Waals surface area contributed by atoms with Crippen LogP contribution in [-0.2, 0) is 14.6 Å². The number of hydrogen-bond acceptors (Lipinski definition) is 5. The van der Waals surface area contributed by atoms with Crippen LogP contribution >= 0.6 is 0 Å². The summed E-state index contributed by atoms with van der Waals surface area (Å²) in [5.74, 6) is -1.36. The molecule has 0 aromatic heterocycles. The standard InChI is InChI=1S/C17H17FN2O5S/c1-11(25-14-7-5-13(18)6-8-14)16(21)19-20-17(22)12-3-9-15(10-4-12)26(2,23)24/h3-11H,1-2H3,(H,19,21)(H,20,22)/t11-/m0/s1. The minimum Gasteiger partial charge on any atom is -0.481 e. The number of hydrazine groups is 1. The van der Waals surface area contributed by atoms with Gasteiger partial charge in [-0.2, -0.15) is 0 Å². The molecule has 0 spiro atoms. The molecule has 0 unspecified atom stereocenters. The molecular weight excluding hydrogens is 363 g/mol. The summed E-state index contributed by atoms with van der Waals surface area (Å²) < 4.78 is 40.9. The Balaban J connectivity index is 1.89. The topological polar surface area (TPSA) is 102 Å². The number of ether oxygens (including phenoxy) is 1. The molecule has 2 rings (SSSR count). The van der Waals surface area contributed by atoms with Gasteiger partial charge in [0, 0.05) is 11.8 Å². The Morgan fingerprint density at radius 2 is 1.58 bits per heavy atom. The fraction of sp³-hybridized carbons (Fsp3) is 0.176. The van der Waals surface area contributed by atoms with E-state index in [1.165, 1.54) is 55.5 Å². The number of rotatable bonds is 5. The Kier molecular flexibility index (Phi) is 5.93. The number of hydrogen-bond donors (Lipinski definition) is 2. The zero-order valence-electron chi connectivity index (χ0n) is 14.0. The van der Waals surface area contributed by atoms with Gasteiger partial charge in [-0.25, -0.2) is 12.8 Å². The van der Waals surface area contributed by atoms with E-state index in [0.29, 0.717) is 5.75 Å². The van der Waals surface area contributed by atoms with Crippen LogP contribution in [0.15, 0.2) is 53.4 Å². The van der Waals surface area contributed by atoms with E-state index in [-0.39, 0.29) is 10.5 Å². The lowest BCUT2D eigenvalue weighted by atomic mass is 10.2. The summed E-state index contributed by atoms with van der Waals surface area (Å²) in [5.41, 5.74) is 4.58. The molecule has 2 amide bonds. The first kappa shape index (κ1) is 19.4. The third-order valence-electron chi connectivity index (χ3n) is 3.34. The fourth-order valence-electron chi connectivity index (χ4n) is 1.92. The van der Waals surface area contributed by atoms with Gasteiger partial charge in [-0.1, -0.05) is 0 Å². The van der Waals surface area contributed by atoms with Crippen LogP contribution in [0.3, 0.4) is 0 Å². The quantitative estimate of drug-likeness (QED) is 0.765. The van der Waals surface area contributed by atoms with Crippen LogP contribution < -0.4 is 15.6 Å². The zero-order valence-corrected chi connectivity index (χ0v) is 14.8. The second kappa shape index (κ2) is 7.96. The summed E-state index contributed by atoms with van der Waals surface area (Å²) in [5, 5.41) is 0. The minimum absolute atomic E-state index is 0.0828. The first-order valence-corrected chi connectivity index (χ1v) is 9.38. The van der Waals surface area contributed by atoms with Crippen LogP contribution in [-0.4, -0.2) is 32.6 Å². The summed E-state index contributed by atoms with van der Waals surface area (Å²) in [7, 11) is -3.36. The van der Waals surface area contributed by atoms with Gasteiger partial charge < -0.3 is 4.74 Å². The first-order valence-electron chi connectivity index (χ1n) is 7.49. The van der Waals surface area contributed by atoms with Crippen molar-refractivity contribution in [1.82, 2.24) is 10.9 Å². The molecular formula is C17H17FN2O5S. The molecule has 138 valence electrons. The van der Waals surface area contributed by atoms with E-state index in [4.69, 9.17) is 4.74 Å². The summed E-state index contributed by atoms with van der Waals surface area (Å²) in [6.07, 6.45) is 0.124. The predicted octanol–water partition coefficient (Wildman–Crippen LogP) is 1.46. The highest BCUT2D eigenvalue weighted by Gasteiger charge is 2.16. The van der Waals surface area contributed by atoms with E-state index >= 15 is 0 Å². The molecule has 7 nitrogen and oxygen atoms in total. The molecule has 0 heterocycles. The van der Waals surface area contributed by atoms with Gasteiger partial charge in [0.1, 0.15) is 11.6 Å². The number of amides is 2. The van der Waals surface area contributed by atoms with Gasteiger partial charge in [-0.15, -0.1) is 0 Å². The molecule has 0 aliphatic rings. The maximum Gasteiger partial charge on any atom is 0.279 e. The molecule has 2 N–H and O–H groups in total. The predicted molar refractivity (Wildman–Crippen MR) is 91.7 cm³/mol. The molecule has 0 saturated heterocycles. The van der Waals surface area contributed by atoms with Crippen LogP contribution in [0.25, 0.3) is 0 Å². The van der Waals surface area contributed by atoms with E-state index in [9.17, 15) is 22.4 Å². The Hall–Kier alpha value is -2.94. The maximum absolute atomic E-state index is 12.8. The lowest BCUT2D eigenvalue weighted by Crippen LogP contribution is -2.47. The summed E-state index contributed by atoms with van der Waals surface area (Å²) in [4.78, 5) is 24.0. The highest BCUT2D eigenvalue weighted by atomic mass is 32.2. The average molecular weight is 380 g/mol. The van der Waals surface area contributed by atoms with Crippen LogP contribution in [0.4, 0.5) is 4.39 Å². The Morgan fingerprint density at radius 1 is 1.00 bits per heavy atom. The van der Waals surface area contributed by atoms with Crippen LogP contribution in [0.1, 0.15) is 17.3 Å². The first-order chi connectivity index (χ1) is 12.2. The van der Waals surface area contributed by atoms with Gasteiger partial charge in [0.05, 0.1) is 4.90 Å². The molecule has 0 aliphatic carbocycles. The van der Waals surface area contributed by atoms with Crippen LogP contribution in [0.2, 0.25) is 0 Å². The molecule has 0 fully saturated rings. The Morgan fingerprint density at radius 3 is 2.12 bits per heavy atom. The molecule has 0 saturated carbocycles. The maximum atomic E-state index is 12.8.